The van der Waals surface area contributed by atoms with E-state index < -0.39 is 0 Å². The van der Waals surface area contributed by atoms with Crippen molar-refractivity contribution in [2.24, 2.45) is 5.92 Å². The lowest BCUT2D eigenvalue weighted by atomic mass is 9.96. The van der Waals surface area contributed by atoms with E-state index in [1.165, 1.54) is 0 Å². The molecule has 1 aromatic carbocycles. The average molecular weight is 423 g/mol. The van der Waals surface area contributed by atoms with Crippen molar-refractivity contribution < 1.29 is 23.9 Å². The minimum atomic E-state index is -0.369. The summed E-state index contributed by atoms with van der Waals surface area (Å²) in [6, 6.07) is 6.77. The van der Waals surface area contributed by atoms with E-state index in [0.717, 1.165) is 0 Å². The summed E-state index contributed by atoms with van der Waals surface area (Å²) in [5, 5.41) is 0.582. The number of morpholine rings is 1. The molecule has 2 aliphatic heterocycles. The van der Waals surface area contributed by atoms with Crippen LogP contribution in [-0.4, -0.2) is 72.6 Å². The minimum absolute atomic E-state index is 0.0269. The normalized spacial score (nSPS) is 23.0. The Kier molecular flexibility index (Phi) is 7.14. The highest BCUT2D eigenvalue weighted by Crippen LogP contribution is 2.21. The van der Waals surface area contributed by atoms with Crippen molar-refractivity contribution in [3.05, 3.63) is 34.9 Å². The molecule has 0 saturated carbocycles. The van der Waals surface area contributed by atoms with Crippen molar-refractivity contribution in [3.63, 3.8) is 0 Å². The van der Waals surface area contributed by atoms with Gasteiger partial charge in [0.05, 0.1) is 18.1 Å². The van der Waals surface area contributed by atoms with Crippen LogP contribution in [0.2, 0.25) is 5.02 Å². The zero-order valence-corrected chi connectivity index (χ0v) is 17.6. The fraction of sp³-hybridized carbons (Fsp3) is 0.571. The molecule has 2 saturated heterocycles. The SMILES string of the molecule is C[C@H]1CN(C(=O)COC(=O)C2CCN(C(=O)c3ccc(Cl)cc3)CC2)C[C@H](C)O1. The van der Waals surface area contributed by atoms with Crippen LogP contribution in [0.15, 0.2) is 24.3 Å². The maximum atomic E-state index is 12.5. The molecule has 8 heteroatoms. The molecule has 0 bridgehead atoms. The van der Waals surface area contributed by atoms with Gasteiger partial charge in [0.2, 0.25) is 0 Å². The predicted octanol–water partition coefficient (Wildman–Crippen LogP) is 2.37. The monoisotopic (exact) mass is 422 g/mol. The number of amides is 2. The van der Waals surface area contributed by atoms with Crippen molar-refractivity contribution in [1.82, 2.24) is 9.80 Å². The second kappa shape index (κ2) is 9.59. The number of carbonyl (C=O) groups excluding carboxylic acids is 3. The number of esters is 1. The van der Waals surface area contributed by atoms with Gasteiger partial charge in [0.1, 0.15) is 0 Å². The van der Waals surface area contributed by atoms with Gasteiger partial charge in [0, 0.05) is 36.8 Å². The lowest BCUT2D eigenvalue weighted by Gasteiger charge is -2.35. The maximum absolute atomic E-state index is 12.5. The van der Waals surface area contributed by atoms with E-state index in [1.807, 2.05) is 13.8 Å². The molecule has 29 heavy (non-hydrogen) atoms. The first kappa shape index (κ1) is 21.6. The predicted molar refractivity (Wildman–Crippen MR) is 108 cm³/mol. The number of rotatable bonds is 4. The fourth-order valence-electron chi connectivity index (χ4n) is 3.82. The van der Waals surface area contributed by atoms with Crippen LogP contribution in [0.5, 0.6) is 0 Å². The Hall–Kier alpha value is -2.12. The molecule has 158 valence electrons. The van der Waals surface area contributed by atoms with Gasteiger partial charge >= 0.3 is 5.97 Å². The smallest absolute Gasteiger partial charge is 0.309 e. The molecule has 3 rings (SSSR count). The molecular weight excluding hydrogens is 396 g/mol. The van der Waals surface area contributed by atoms with Crippen LogP contribution in [-0.2, 0) is 19.1 Å². The quantitative estimate of drug-likeness (QED) is 0.696. The van der Waals surface area contributed by atoms with Crippen LogP contribution in [0.3, 0.4) is 0 Å². The molecule has 0 N–H and O–H groups in total. The number of likely N-dealkylation sites (tertiary alicyclic amines) is 1. The molecule has 2 amide bonds. The molecule has 0 spiro atoms. The highest BCUT2D eigenvalue weighted by molar-refractivity contribution is 6.30. The Balaban J connectivity index is 1.43. The van der Waals surface area contributed by atoms with Crippen molar-refractivity contribution >= 4 is 29.4 Å². The zero-order chi connectivity index (χ0) is 21.0. The zero-order valence-electron chi connectivity index (χ0n) is 16.8. The van der Waals surface area contributed by atoms with E-state index in [9.17, 15) is 14.4 Å². The molecule has 1 aromatic rings. The Labute approximate surface area is 175 Å². The highest BCUT2D eigenvalue weighted by Gasteiger charge is 2.30. The summed E-state index contributed by atoms with van der Waals surface area (Å²) in [4.78, 5) is 40.6. The summed E-state index contributed by atoms with van der Waals surface area (Å²) in [5.41, 5.74) is 0.579. The molecule has 7 nitrogen and oxygen atoms in total. The summed E-state index contributed by atoms with van der Waals surface area (Å²) in [5.74, 6) is -0.930. The van der Waals surface area contributed by atoms with Crippen molar-refractivity contribution in [2.75, 3.05) is 32.8 Å². The number of nitrogens with zero attached hydrogens (tertiary/aromatic N) is 2. The van der Waals surface area contributed by atoms with Gasteiger partial charge in [-0.25, -0.2) is 0 Å². The number of hydrogen-bond acceptors (Lipinski definition) is 5. The third-order valence-electron chi connectivity index (χ3n) is 5.32. The third-order valence-corrected chi connectivity index (χ3v) is 5.57. The van der Waals surface area contributed by atoms with E-state index in [-0.39, 0.29) is 42.5 Å². The lowest BCUT2D eigenvalue weighted by Crippen LogP contribution is -2.49. The minimum Gasteiger partial charge on any atom is -0.455 e. The number of carbonyl (C=O) groups is 3. The van der Waals surface area contributed by atoms with E-state index in [4.69, 9.17) is 21.1 Å². The van der Waals surface area contributed by atoms with Gasteiger partial charge in [0.15, 0.2) is 6.61 Å². The second-order valence-corrected chi connectivity index (χ2v) is 8.17. The first-order chi connectivity index (χ1) is 13.8. The van der Waals surface area contributed by atoms with Crippen LogP contribution in [0, 0.1) is 5.92 Å². The van der Waals surface area contributed by atoms with Gasteiger partial charge in [-0.1, -0.05) is 11.6 Å². The first-order valence-corrected chi connectivity index (χ1v) is 10.4. The van der Waals surface area contributed by atoms with E-state index in [2.05, 4.69) is 0 Å². The van der Waals surface area contributed by atoms with E-state index in [0.29, 0.717) is 49.6 Å². The molecule has 2 heterocycles. The van der Waals surface area contributed by atoms with E-state index in [1.54, 1.807) is 34.1 Å². The molecule has 0 unspecified atom stereocenters. The van der Waals surface area contributed by atoms with Crippen LogP contribution >= 0.6 is 11.6 Å². The van der Waals surface area contributed by atoms with Gasteiger partial charge < -0.3 is 19.3 Å². The molecule has 2 fully saturated rings. The molecular formula is C21H27ClN2O5. The Morgan fingerprint density at radius 2 is 1.62 bits per heavy atom. The lowest BCUT2D eigenvalue weighted by molar-refractivity contribution is -0.160. The Bertz CT molecular complexity index is 736. The van der Waals surface area contributed by atoms with Crippen LogP contribution in [0.1, 0.15) is 37.0 Å². The van der Waals surface area contributed by atoms with Gasteiger partial charge in [-0.05, 0) is 51.0 Å². The number of halogens is 1. The van der Waals surface area contributed by atoms with Crippen LogP contribution in [0.4, 0.5) is 0 Å². The Morgan fingerprint density at radius 3 is 2.21 bits per heavy atom. The fourth-order valence-corrected chi connectivity index (χ4v) is 3.94. The number of piperidine rings is 1. The number of hydrogen-bond donors (Lipinski definition) is 0. The first-order valence-electron chi connectivity index (χ1n) is 9.98. The maximum Gasteiger partial charge on any atom is 0.309 e. The summed E-state index contributed by atoms with van der Waals surface area (Å²) in [6.07, 6.45) is 0.998. The third kappa shape index (κ3) is 5.70. The average Bonchev–Trinajstić information content (AvgIpc) is 2.71. The van der Waals surface area contributed by atoms with Gasteiger partial charge in [-0.15, -0.1) is 0 Å². The van der Waals surface area contributed by atoms with Gasteiger partial charge in [-0.3, -0.25) is 14.4 Å². The van der Waals surface area contributed by atoms with Crippen LogP contribution in [0.25, 0.3) is 0 Å². The Morgan fingerprint density at radius 1 is 1.03 bits per heavy atom. The summed E-state index contributed by atoms with van der Waals surface area (Å²) >= 11 is 5.86. The summed E-state index contributed by atoms with van der Waals surface area (Å²) < 4.78 is 10.9. The second-order valence-electron chi connectivity index (χ2n) is 7.74. The molecule has 0 radical (unpaired) electrons. The largest absolute Gasteiger partial charge is 0.455 e. The number of benzene rings is 1. The summed E-state index contributed by atoms with van der Waals surface area (Å²) in [7, 11) is 0. The molecule has 2 aliphatic rings. The molecule has 0 aliphatic carbocycles. The summed E-state index contributed by atoms with van der Waals surface area (Å²) in [6.45, 7) is 5.56. The van der Waals surface area contributed by atoms with Crippen LogP contribution < -0.4 is 0 Å². The molecule has 2 atom stereocenters. The van der Waals surface area contributed by atoms with E-state index >= 15 is 0 Å². The van der Waals surface area contributed by atoms with Crippen molar-refractivity contribution in [3.8, 4) is 0 Å². The topological polar surface area (TPSA) is 76.2 Å². The van der Waals surface area contributed by atoms with Gasteiger partial charge in [-0.2, -0.15) is 0 Å². The van der Waals surface area contributed by atoms with Crippen molar-refractivity contribution in [2.45, 2.75) is 38.9 Å². The standard InChI is InChI=1S/C21H27ClN2O5/c1-14-11-24(12-15(2)29-14)19(25)13-28-21(27)17-7-9-23(10-8-17)20(26)16-3-5-18(22)6-4-16/h3-6,14-15,17H,7-13H2,1-2H3/t14-,15-/m0/s1. The molecule has 0 aromatic heterocycles. The highest BCUT2D eigenvalue weighted by atomic mass is 35.5. The van der Waals surface area contributed by atoms with Gasteiger partial charge in [0.25, 0.3) is 11.8 Å². The number of ether oxygens (including phenoxy) is 2. The van der Waals surface area contributed by atoms with Crippen molar-refractivity contribution in [1.29, 1.82) is 0 Å².